The van der Waals surface area contributed by atoms with E-state index in [1.54, 1.807) is 12.1 Å². The van der Waals surface area contributed by atoms with E-state index >= 15 is 0 Å². The summed E-state index contributed by atoms with van der Waals surface area (Å²) >= 11 is 7.69. The van der Waals surface area contributed by atoms with Gasteiger partial charge < -0.3 is 14.8 Å². The Morgan fingerprint density at radius 1 is 1.35 bits per heavy atom. The number of carbonyl (C=O) groups excluding carboxylic acids is 1. The zero-order valence-corrected chi connectivity index (χ0v) is 13.7. The van der Waals surface area contributed by atoms with Gasteiger partial charge in [0.05, 0.1) is 6.42 Å². The molecule has 1 aliphatic heterocycles. The van der Waals surface area contributed by atoms with Gasteiger partial charge in [-0.1, -0.05) is 23.4 Å². The normalized spacial score (nSPS) is 12.9. The van der Waals surface area contributed by atoms with Crippen molar-refractivity contribution in [1.82, 2.24) is 20.5 Å². The lowest BCUT2D eigenvalue weighted by molar-refractivity contribution is -0.120. The fourth-order valence-corrected chi connectivity index (χ4v) is 2.94. The van der Waals surface area contributed by atoms with Gasteiger partial charge in [0, 0.05) is 23.4 Å². The SMILES string of the molecule is O=C(Cc1cc2c(cc1Cl)OCCO2)NCCSc1ncn[nH]1. The number of hydrogen-bond donors (Lipinski definition) is 2. The van der Waals surface area contributed by atoms with Gasteiger partial charge in [-0.3, -0.25) is 9.89 Å². The molecule has 0 bridgehead atoms. The van der Waals surface area contributed by atoms with E-state index in [9.17, 15) is 4.79 Å². The van der Waals surface area contributed by atoms with Crippen LogP contribution in [0.4, 0.5) is 0 Å². The Bertz CT molecular complexity index is 681. The van der Waals surface area contributed by atoms with Gasteiger partial charge in [-0.25, -0.2) is 4.98 Å². The van der Waals surface area contributed by atoms with E-state index in [-0.39, 0.29) is 12.3 Å². The molecule has 0 saturated carbocycles. The van der Waals surface area contributed by atoms with Crippen molar-refractivity contribution in [3.63, 3.8) is 0 Å². The lowest BCUT2D eigenvalue weighted by Crippen LogP contribution is -2.27. The number of rotatable bonds is 6. The average Bonchev–Trinajstić information content (AvgIpc) is 3.06. The van der Waals surface area contributed by atoms with Gasteiger partial charge in [0.1, 0.15) is 19.5 Å². The summed E-state index contributed by atoms with van der Waals surface area (Å²) in [4.78, 5) is 16.0. The van der Waals surface area contributed by atoms with Crippen molar-refractivity contribution in [2.24, 2.45) is 0 Å². The van der Waals surface area contributed by atoms with Crippen molar-refractivity contribution in [1.29, 1.82) is 0 Å². The van der Waals surface area contributed by atoms with Crippen molar-refractivity contribution < 1.29 is 14.3 Å². The van der Waals surface area contributed by atoms with E-state index < -0.39 is 0 Å². The number of nitrogens with one attached hydrogen (secondary N) is 2. The van der Waals surface area contributed by atoms with Crippen LogP contribution in [0, 0.1) is 0 Å². The molecule has 0 fully saturated rings. The number of ether oxygens (including phenoxy) is 2. The number of H-pyrrole nitrogens is 1. The van der Waals surface area contributed by atoms with Crippen molar-refractivity contribution in [2.75, 3.05) is 25.5 Å². The van der Waals surface area contributed by atoms with Crippen molar-refractivity contribution in [3.8, 4) is 11.5 Å². The van der Waals surface area contributed by atoms with Crippen molar-refractivity contribution >= 4 is 29.3 Å². The van der Waals surface area contributed by atoms with Crippen LogP contribution in [-0.2, 0) is 11.2 Å². The van der Waals surface area contributed by atoms with E-state index in [1.165, 1.54) is 18.1 Å². The lowest BCUT2D eigenvalue weighted by Gasteiger charge is -2.19. The van der Waals surface area contributed by atoms with Crippen LogP contribution >= 0.6 is 23.4 Å². The van der Waals surface area contributed by atoms with Gasteiger partial charge in [0.2, 0.25) is 5.91 Å². The molecule has 23 heavy (non-hydrogen) atoms. The molecular formula is C14H15ClN4O3S. The molecular weight excluding hydrogens is 340 g/mol. The highest BCUT2D eigenvalue weighted by molar-refractivity contribution is 7.99. The Labute approximate surface area is 142 Å². The summed E-state index contributed by atoms with van der Waals surface area (Å²) in [7, 11) is 0. The zero-order chi connectivity index (χ0) is 16.1. The summed E-state index contributed by atoms with van der Waals surface area (Å²) in [5.74, 6) is 1.86. The lowest BCUT2D eigenvalue weighted by atomic mass is 10.1. The summed E-state index contributed by atoms with van der Waals surface area (Å²) in [6, 6.07) is 3.46. The first-order valence-corrected chi connectivity index (χ1v) is 8.41. The molecule has 1 amide bonds. The standard InChI is InChI=1S/C14H15ClN4O3S/c15-10-7-12-11(21-2-3-22-12)5-9(10)6-13(20)16-1-4-23-14-17-8-18-19-14/h5,7-8H,1-4,6H2,(H,16,20)(H,17,18,19). The van der Waals surface area contributed by atoms with Gasteiger partial charge >= 0.3 is 0 Å². The van der Waals surface area contributed by atoms with Crippen LogP contribution in [0.15, 0.2) is 23.6 Å². The third kappa shape index (κ3) is 4.29. The molecule has 0 unspecified atom stereocenters. The number of amides is 1. The zero-order valence-electron chi connectivity index (χ0n) is 12.2. The van der Waals surface area contributed by atoms with Crippen LogP contribution < -0.4 is 14.8 Å². The van der Waals surface area contributed by atoms with E-state index in [4.69, 9.17) is 21.1 Å². The van der Waals surface area contributed by atoms with Crippen LogP contribution in [0.5, 0.6) is 11.5 Å². The summed E-state index contributed by atoms with van der Waals surface area (Å²) in [5, 5.41) is 10.6. The topological polar surface area (TPSA) is 89.1 Å². The number of aromatic nitrogens is 3. The Balaban J connectivity index is 1.49. The number of nitrogens with zero attached hydrogens (tertiary/aromatic N) is 2. The molecule has 0 saturated heterocycles. The maximum atomic E-state index is 12.0. The molecule has 2 N–H and O–H groups in total. The average molecular weight is 355 g/mol. The molecule has 3 rings (SSSR count). The fraction of sp³-hybridized carbons (Fsp3) is 0.357. The molecule has 0 atom stereocenters. The largest absolute Gasteiger partial charge is 0.486 e. The van der Waals surface area contributed by atoms with Crippen LogP contribution in [0.3, 0.4) is 0 Å². The molecule has 1 aromatic carbocycles. The van der Waals surface area contributed by atoms with E-state index in [1.807, 2.05) is 0 Å². The molecule has 0 radical (unpaired) electrons. The number of fused-ring (bicyclic) bond motifs is 1. The molecule has 9 heteroatoms. The van der Waals surface area contributed by atoms with Crippen LogP contribution in [0.1, 0.15) is 5.56 Å². The summed E-state index contributed by atoms with van der Waals surface area (Å²) in [6.07, 6.45) is 1.65. The number of halogens is 1. The smallest absolute Gasteiger partial charge is 0.224 e. The van der Waals surface area contributed by atoms with Crippen molar-refractivity contribution in [2.45, 2.75) is 11.6 Å². The molecule has 1 aliphatic rings. The third-order valence-electron chi connectivity index (χ3n) is 3.12. The maximum absolute atomic E-state index is 12.0. The molecule has 2 heterocycles. The first kappa shape index (κ1) is 15.9. The van der Waals surface area contributed by atoms with E-state index in [2.05, 4.69) is 20.5 Å². The van der Waals surface area contributed by atoms with Gasteiger partial charge in [0.25, 0.3) is 0 Å². The quantitative estimate of drug-likeness (QED) is 0.606. The minimum Gasteiger partial charge on any atom is -0.486 e. The molecule has 0 aliphatic carbocycles. The highest BCUT2D eigenvalue weighted by atomic mass is 35.5. The molecule has 7 nitrogen and oxygen atoms in total. The second kappa shape index (κ2) is 7.56. The minimum atomic E-state index is -0.0956. The number of hydrogen-bond acceptors (Lipinski definition) is 6. The third-order valence-corrected chi connectivity index (χ3v) is 4.35. The van der Waals surface area contributed by atoms with Gasteiger partial charge in [-0.15, -0.1) is 0 Å². The van der Waals surface area contributed by atoms with Gasteiger partial charge in [0.15, 0.2) is 16.7 Å². The Morgan fingerprint density at radius 3 is 2.87 bits per heavy atom. The predicted octanol–water partition coefficient (Wildman–Crippen LogP) is 1.68. The molecule has 2 aromatic rings. The van der Waals surface area contributed by atoms with Crippen LogP contribution in [-0.4, -0.2) is 46.6 Å². The van der Waals surface area contributed by atoms with Crippen molar-refractivity contribution in [3.05, 3.63) is 29.0 Å². The first-order chi connectivity index (χ1) is 11.2. The number of aromatic amines is 1. The number of thioether (sulfide) groups is 1. The maximum Gasteiger partial charge on any atom is 0.224 e. The van der Waals surface area contributed by atoms with Gasteiger partial charge in [-0.05, 0) is 11.6 Å². The monoisotopic (exact) mass is 354 g/mol. The van der Waals surface area contributed by atoms with Crippen LogP contribution in [0.25, 0.3) is 0 Å². The predicted molar refractivity (Wildman–Crippen MR) is 86.3 cm³/mol. The Hall–Kier alpha value is -1.93. The summed E-state index contributed by atoms with van der Waals surface area (Å²) in [6.45, 7) is 1.54. The molecule has 0 spiro atoms. The second-order valence-electron chi connectivity index (χ2n) is 4.75. The second-order valence-corrected chi connectivity index (χ2v) is 6.24. The fourth-order valence-electron chi connectivity index (χ4n) is 2.08. The summed E-state index contributed by atoms with van der Waals surface area (Å²) in [5.41, 5.74) is 0.719. The van der Waals surface area contributed by atoms with E-state index in [0.717, 1.165) is 10.7 Å². The van der Waals surface area contributed by atoms with E-state index in [0.29, 0.717) is 42.0 Å². The highest BCUT2D eigenvalue weighted by Crippen LogP contribution is 2.35. The Morgan fingerprint density at radius 2 is 2.13 bits per heavy atom. The van der Waals surface area contributed by atoms with Gasteiger partial charge in [-0.2, -0.15) is 5.10 Å². The van der Waals surface area contributed by atoms with Crippen LogP contribution in [0.2, 0.25) is 5.02 Å². The first-order valence-electron chi connectivity index (χ1n) is 7.05. The number of benzene rings is 1. The number of carbonyl (C=O) groups is 1. The molecule has 1 aromatic heterocycles. The minimum absolute atomic E-state index is 0.0956. The Kier molecular flexibility index (Phi) is 5.24. The summed E-state index contributed by atoms with van der Waals surface area (Å²) < 4.78 is 11.0. The highest BCUT2D eigenvalue weighted by Gasteiger charge is 2.16. The molecule has 122 valence electrons.